The highest BCUT2D eigenvalue weighted by molar-refractivity contribution is 8.04. The maximum atomic E-state index is 15.4. The molecule has 3 aromatic rings. The van der Waals surface area contributed by atoms with Crippen LogP contribution >= 0.6 is 11.9 Å². The number of allylic oxidation sites excluding steroid dienone is 3. The number of rotatable bonds is 9. The standard InChI is InChI=1S/C25H22F4N4O2S/c1-35-18-11-32-25-20(23(18)30-9-12-2-3-12)14(10-31-25)24(34)21-16(28)6-7-17(22(21)29)33-36-19-8-13(26)4-5-15(19)27/h6-8,10-12,33H,2-5,9H2,1H3,(H2,30,31,32). The minimum Gasteiger partial charge on any atom is -0.493 e. The largest absolute Gasteiger partial charge is 0.493 e. The van der Waals surface area contributed by atoms with Crippen molar-refractivity contribution < 1.29 is 27.1 Å². The van der Waals surface area contributed by atoms with Crippen LogP contribution in [0.15, 0.2) is 47.2 Å². The average molecular weight is 519 g/mol. The van der Waals surface area contributed by atoms with Gasteiger partial charge in [-0.1, -0.05) is 0 Å². The zero-order valence-corrected chi connectivity index (χ0v) is 20.0. The molecular weight excluding hydrogens is 496 g/mol. The summed E-state index contributed by atoms with van der Waals surface area (Å²) in [5.74, 6) is -3.23. The number of methoxy groups -OCH3 is 1. The third-order valence-electron chi connectivity index (χ3n) is 6.12. The zero-order valence-electron chi connectivity index (χ0n) is 19.2. The lowest BCUT2D eigenvalue weighted by atomic mass is 10.0. The minimum atomic E-state index is -1.15. The van der Waals surface area contributed by atoms with Crippen molar-refractivity contribution in [2.24, 2.45) is 5.92 Å². The number of halogens is 4. The molecule has 2 aliphatic rings. The number of H-pyrrole nitrogens is 1. The van der Waals surface area contributed by atoms with E-state index >= 15 is 4.39 Å². The maximum Gasteiger partial charge on any atom is 0.201 e. The normalized spacial score (nSPS) is 15.8. The zero-order chi connectivity index (χ0) is 25.4. The molecule has 5 rings (SSSR count). The van der Waals surface area contributed by atoms with Gasteiger partial charge in [0.25, 0.3) is 0 Å². The molecule has 2 heterocycles. The summed E-state index contributed by atoms with van der Waals surface area (Å²) in [7, 11) is 1.47. The molecule has 1 fully saturated rings. The molecule has 3 N–H and O–H groups in total. The van der Waals surface area contributed by atoms with Crippen LogP contribution < -0.4 is 14.8 Å². The van der Waals surface area contributed by atoms with E-state index < -0.39 is 34.6 Å². The van der Waals surface area contributed by atoms with Crippen molar-refractivity contribution in [2.75, 3.05) is 23.7 Å². The molecule has 0 unspecified atom stereocenters. The van der Waals surface area contributed by atoms with Gasteiger partial charge in [-0.05, 0) is 48.9 Å². The first-order valence-electron chi connectivity index (χ1n) is 11.4. The van der Waals surface area contributed by atoms with Gasteiger partial charge < -0.3 is 19.8 Å². The molecule has 0 spiro atoms. The Labute approximate surface area is 208 Å². The first kappa shape index (κ1) is 24.2. The number of carbonyl (C=O) groups is 1. The smallest absolute Gasteiger partial charge is 0.201 e. The lowest BCUT2D eigenvalue weighted by Crippen LogP contribution is -2.11. The van der Waals surface area contributed by atoms with E-state index in [1.807, 2.05) is 0 Å². The van der Waals surface area contributed by atoms with Crippen molar-refractivity contribution in [3.8, 4) is 5.75 Å². The van der Waals surface area contributed by atoms with Gasteiger partial charge in [-0.3, -0.25) is 4.79 Å². The van der Waals surface area contributed by atoms with Crippen LogP contribution in [0.25, 0.3) is 11.0 Å². The Morgan fingerprint density at radius 1 is 1.22 bits per heavy atom. The molecule has 2 aromatic heterocycles. The van der Waals surface area contributed by atoms with Crippen LogP contribution in [0.4, 0.5) is 28.9 Å². The Hall–Kier alpha value is -3.47. The van der Waals surface area contributed by atoms with Gasteiger partial charge in [-0.2, -0.15) is 0 Å². The van der Waals surface area contributed by atoms with Crippen molar-refractivity contribution in [1.82, 2.24) is 9.97 Å². The van der Waals surface area contributed by atoms with Gasteiger partial charge >= 0.3 is 0 Å². The van der Waals surface area contributed by atoms with Crippen LogP contribution in [0.3, 0.4) is 0 Å². The monoisotopic (exact) mass is 518 g/mol. The summed E-state index contributed by atoms with van der Waals surface area (Å²) in [6.07, 6.45) is 5.93. The SMILES string of the molecule is COc1cnc2[nH]cc(C(=O)c3c(F)ccc(NSC4=C(F)CCC(F)=C4)c3F)c2c1NCC1CC1. The fourth-order valence-corrected chi connectivity index (χ4v) is 4.75. The Kier molecular flexibility index (Phi) is 6.65. The van der Waals surface area contributed by atoms with Gasteiger partial charge in [0, 0.05) is 25.6 Å². The predicted molar refractivity (Wildman–Crippen MR) is 131 cm³/mol. The lowest BCUT2D eigenvalue weighted by molar-refractivity contribution is 0.103. The number of aromatic nitrogens is 2. The van der Waals surface area contributed by atoms with E-state index in [4.69, 9.17) is 4.74 Å². The topological polar surface area (TPSA) is 79.0 Å². The van der Waals surface area contributed by atoms with Crippen molar-refractivity contribution in [2.45, 2.75) is 25.7 Å². The fourth-order valence-electron chi connectivity index (χ4n) is 3.97. The molecule has 2 aliphatic carbocycles. The van der Waals surface area contributed by atoms with Crippen LogP contribution in [0, 0.1) is 17.6 Å². The molecule has 0 amide bonds. The molecule has 0 aliphatic heterocycles. The number of hydrogen-bond donors (Lipinski definition) is 3. The Morgan fingerprint density at radius 2 is 2.03 bits per heavy atom. The Morgan fingerprint density at radius 3 is 2.78 bits per heavy atom. The third-order valence-corrected chi connectivity index (χ3v) is 7.00. The van der Waals surface area contributed by atoms with Crippen LogP contribution in [0.5, 0.6) is 5.75 Å². The summed E-state index contributed by atoms with van der Waals surface area (Å²) in [6, 6.07) is 2.04. The number of anilines is 2. The van der Waals surface area contributed by atoms with Gasteiger partial charge in [0.05, 0.1) is 46.1 Å². The van der Waals surface area contributed by atoms with E-state index in [2.05, 4.69) is 20.0 Å². The van der Waals surface area contributed by atoms with Crippen LogP contribution in [0.1, 0.15) is 41.6 Å². The van der Waals surface area contributed by atoms with Crippen LogP contribution in [-0.4, -0.2) is 29.4 Å². The first-order chi connectivity index (χ1) is 17.4. The number of nitrogens with one attached hydrogen (secondary N) is 3. The second kappa shape index (κ2) is 9.88. The molecule has 36 heavy (non-hydrogen) atoms. The molecule has 6 nitrogen and oxygen atoms in total. The number of ether oxygens (including phenoxy) is 1. The number of nitrogens with zero attached hydrogens (tertiary/aromatic N) is 1. The minimum absolute atomic E-state index is 0.0170. The number of aromatic amines is 1. The summed E-state index contributed by atoms with van der Waals surface area (Å²) in [5.41, 5.74) is -0.137. The highest BCUT2D eigenvalue weighted by atomic mass is 32.2. The van der Waals surface area contributed by atoms with Crippen molar-refractivity contribution in [1.29, 1.82) is 0 Å². The molecule has 0 atom stereocenters. The van der Waals surface area contributed by atoms with Gasteiger partial charge in [0.1, 0.15) is 23.1 Å². The van der Waals surface area contributed by atoms with E-state index in [1.165, 1.54) is 19.5 Å². The molecule has 0 radical (unpaired) electrons. The first-order valence-corrected chi connectivity index (χ1v) is 12.2. The van der Waals surface area contributed by atoms with E-state index in [1.54, 1.807) is 0 Å². The van der Waals surface area contributed by atoms with Gasteiger partial charge in [-0.25, -0.2) is 22.5 Å². The summed E-state index contributed by atoms with van der Waals surface area (Å²) in [5, 5.41) is 3.65. The van der Waals surface area contributed by atoms with Crippen molar-refractivity contribution >= 4 is 40.1 Å². The van der Waals surface area contributed by atoms with Gasteiger partial charge in [0.2, 0.25) is 5.78 Å². The van der Waals surface area contributed by atoms with E-state index in [0.717, 1.165) is 31.1 Å². The van der Waals surface area contributed by atoms with Gasteiger partial charge in [-0.15, -0.1) is 0 Å². The summed E-state index contributed by atoms with van der Waals surface area (Å²) >= 11 is 0.647. The lowest BCUT2D eigenvalue weighted by Gasteiger charge is -2.14. The number of hydrogen-bond acceptors (Lipinski definition) is 6. The summed E-state index contributed by atoms with van der Waals surface area (Å²) < 4.78 is 65.7. The number of ketones is 1. The Bertz CT molecular complexity index is 1410. The van der Waals surface area contributed by atoms with E-state index in [0.29, 0.717) is 46.9 Å². The fraction of sp³-hybridized carbons (Fsp3) is 0.280. The molecule has 0 bridgehead atoms. The van der Waals surface area contributed by atoms with E-state index in [-0.39, 0.29) is 29.0 Å². The summed E-state index contributed by atoms with van der Waals surface area (Å²) in [6.45, 7) is 0.662. The van der Waals surface area contributed by atoms with Crippen LogP contribution in [0.2, 0.25) is 0 Å². The summed E-state index contributed by atoms with van der Waals surface area (Å²) in [4.78, 5) is 20.6. The number of carbonyl (C=O) groups excluding carboxylic acids is 1. The number of benzene rings is 1. The molecule has 188 valence electrons. The molecule has 0 saturated heterocycles. The quantitative estimate of drug-likeness (QED) is 0.164. The van der Waals surface area contributed by atoms with Crippen LogP contribution in [-0.2, 0) is 0 Å². The van der Waals surface area contributed by atoms with Gasteiger partial charge in [0.15, 0.2) is 11.6 Å². The highest BCUT2D eigenvalue weighted by Gasteiger charge is 2.28. The van der Waals surface area contributed by atoms with Crippen molar-refractivity contribution in [3.63, 3.8) is 0 Å². The highest BCUT2D eigenvalue weighted by Crippen LogP contribution is 2.38. The Balaban J connectivity index is 1.50. The second-order valence-corrected chi connectivity index (χ2v) is 9.48. The molecule has 1 aromatic carbocycles. The predicted octanol–water partition coefficient (Wildman–Crippen LogP) is 6.79. The number of fused-ring (bicyclic) bond motifs is 1. The van der Waals surface area contributed by atoms with E-state index in [9.17, 15) is 18.0 Å². The molecule has 11 heteroatoms. The van der Waals surface area contributed by atoms with Crippen molar-refractivity contribution in [3.05, 3.63) is 69.9 Å². The third kappa shape index (κ3) is 4.67. The number of pyridine rings is 1. The maximum absolute atomic E-state index is 15.4. The molecular formula is C25H22F4N4O2S. The second-order valence-electron chi connectivity index (χ2n) is 8.63. The molecule has 1 saturated carbocycles. The average Bonchev–Trinajstić information content (AvgIpc) is 3.60.